The van der Waals surface area contributed by atoms with Crippen molar-refractivity contribution in [3.05, 3.63) is 17.8 Å². The van der Waals surface area contributed by atoms with Gasteiger partial charge in [0.25, 0.3) is 0 Å². The van der Waals surface area contributed by atoms with Gasteiger partial charge in [-0.15, -0.1) is 10.2 Å². The van der Waals surface area contributed by atoms with Crippen LogP contribution in [-0.4, -0.2) is 36.7 Å². The third kappa shape index (κ3) is 3.69. The Balaban J connectivity index is 1.21. The summed E-state index contributed by atoms with van der Waals surface area (Å²) in [6.07, 6.45) is 14.0. The van der Waals surface area contributed by atoms with Crippen molar-refractivity contribution in [3.8, 4) is 5.75 Å². The molecule has 2 heterocycles. The van der Waals surface area contributed by atoms with Gasteiger partial charge in [-0.25, -0.2) is 9.44 Å². The fourth-order valence-electron chi connectivity index (χ4n) is 6.97. The zero-order valence-electron chi connectivity index (χ0n) is 18.0. The summed E-state index contributed by atoms with van der Waals surface area (Å²) in [6, 6.07) is 1.91. The van der Waals surface area contributed by atoms with E-state index in [1.165, 1.54) is 45.6 Å². The number of aromatic nitrogens is 3. The molecule has 5 fully saturated rings. The van der Waals surface area contributed by atoms with Crippen LogP contribution < -0.4 is 14.2 Å². The molecule has 5 saturated carbocycles. The minimum atomic E-state index is -3.65. The van der Waals surface area contributed by atoms with Crippen LogP contribution in [0.5, 0.6) is 5.75 Å². The van der Waals surface area contributed by atoms with E-state index in [0.29, 0.717) is 17.0 Å². The smallest absolute Gasteiger partial charge is 0.301 e. The second kappa shape index (κ2) is 7.07. The molecule has 0 aliphatic heterocycles. The van der Waals surface area contributed by atoms with Gasteiger partial charge in [0.2, 0.25) is 5.95 Å². The number of nitrogens with zero attached hydrogens (tertiary/aromatic N) is 3. The van der Waals surface area contributed by atoms with Crippen molar-refractivity contribution in [3.63, 3.8) is 0 Å². The topological polar surface area (TPSA) is 97.6 Å². The second-order valence-corrected chi connectivity index (χ2v) is 12.1. The molecule has 5 aliphatic rings. The highest BCUT2D eigenvalue weighted by molar-refractivity contribution is 7.90. The highest BCUT2D eigenvalue weighted by Crippen LogP contribution is 2.61. The van der Waals surface area contributed by atoms with Gasteiger partial charge in [-0.05, 0) is 86.9 Å². The molecule has 0 radical (unpaired) electrons. The van der Waals surface area contributed by atoms with E-state index < -0.39 is 10.2 Å². The summed E-state index contributed by atoms with van der Waals surface area (Å²) in [6.45, 7) is 0.745. The Labute approximate surface area is 183 Å². The molecule has 5 aliphatic carbocycles. The first-order valence-corrected chi connectivity index (χ1v) is 13.1. The van der Waals surface area contributed by atoms with Crippen LogP contribution >= 0.6 is 0 Å². The summed E-state index contributed by atoms with van der Waals surface area (Å²) in [7, 11) is -2.29. The van der Waals surface area contributed by atoms with Crippen LogP contribution in [0.15, 0.2) is 12.3 Å². The van der Waals surface area contributed by atoms with Gasteiger partial charge in [-0.2, -0.15) is 8.42 Å². The van der Waals surface area contributed by atoms with Gasteiger partial charge in [0.15, 0.2) is 5.65 Å². The normalized spacial score (nSPS) is 32.0. The van der Waals surface area contributed by atoms with E-state index in [0.717, 1.165) is 54.9 Å². The minimum Gasteiger partial charge on any atom is -0.493 e. The van der Waals surface area contributed by atoms with Crippen molar-refractivity contribution in [1.82, 2.24) is 19.3 Å². The van der Waals surface area contributed by atoms with Crippen molar-refractivity contribution in [2.45, 2.75) is 63.7 Å². The van der Waals surface area contributed by atoms with Crippen LogP contribution in [0.3, 0.4) is 0 Å². The first kappa shape index (κ1) is 19.8. The van der Waals surface area contributed by atoms with Gasteiger partial charge >= 0.3 is 10.2 Å². The van der Waals surface area contributed by atoms with Crippen LogP contribution in [0.1, 0.15) is 69.3 Å². The fraction of sp³-hybridized carbons (Fsp3) is 0.727. The second-order valence-electron chi connectivity index (χ2n) is 10.4. The zero-order chi connectivity index (χ0) is 21.2. The lowest BCUT2D eigenvalue weighted by molar-refractivity contribution is -0.0623. The fourth-order valence-corrected chi connectivity index (χ4v) is 7.45. The predicted octanol–water partition coefficient (Wildman–Crippen LogP) is 3.47. The summed E-state index contributed by atoms with van der Waals surface area (Å²) in [5.74, 6) is 4.41. The lowest BCUT2D eigenvalue weighted by Gasteiger charge is -2.57. The predicted molar refractivity (Wildman–Crippen MR) is 117 cm³/mol. The Hall–Kier alpha value is -1.87. The number of hydrogen-bond acceptors (Lipinski definition) is 5. The highest BCUT2D eigenvalue weighted by atomic mass is 32.2. The van der Waals surface area contributed by atoms with Crippen molar-refractivity contribution < 1.29 is 13.2 Å². The van der Waals surface area contributed by atoms with Gasteiger partial charge in [-0.1, -0.05) is 0 Å². The lowest BCUT2D eigenvalue weighted by Crippen LogP contribution is -2.46. The van der Waals surface area contributed by atoms with Crippen molar-refractivity contribution in [1.29, 1.82) is 0 Å². The molecule has 0 aromatic carbocycles. The molecule has 0 spiro atoms. The molecule has 2 aromatic rings. The Bertz CT molecular complexity index is 1070. The standard InChI is InChI=1S/C22H31N5O3S/c1-23-31(28,29)26-21-25-24-20-9-19(18(13-27(20)21)17-2-3-17)30-5-4-22-10-14-6-15(11-22)8-16(7-14)12-22/h9,13-17,23H,2-8,10-12H2,1H3,(H,25,26). The summed E-state index contributed by atoms with van der Waals surface area (Å²) >= 11 is 0. The maximum Gasteiger partial charge on any atom is 0.301 e. The number of rotatable bonds is 8. The van der Waals surface area contributed by atoms with E-state index in [-0.39, 0.29) is 5.95 Å². The van der Waals surface area contributed by atoms with E-state index in [2.05, 4.69) is 19.6 Å². The number of nitrogens with one attached hydrogen (secondary N) is 2. The van der Waals surface area contributed by atoms with E-state index in [1.54, 1.807) is 4.40 Å². The maximum absolute atomic E-state index is 11.9. The van der Waals surface area contributed by atoms with Crippen LogP contribution in [0, 0.1) is 23.2 Å². The highest BCUT2D eigenvalue weighted by Gasteiger charge is 2.50. The maximum atomic E-state index is 11.9. The molecular formula is C22H31N5O3S. The van der Waals surface area contributed by atoms with Crippen LogP contribution in [0.2, 0.25) is 0 Å². The molecule has 0 amide bonds. The summed E-state index contributed by atoms with van der Waals surface area (Å²) in [4.78, 5) is 0. The molecule has 31 heavy (non-hydrogen) atoms. The van der Waals surface area contributed by atoms with Crippen LogP contribution in [-0.2, 0) is 10.2 Å². The van der Waals surface area contributed by atoms with Crippen molar-refractivity contribution in [2.75, 3.05) is 18.4 Å². The Morgan fingerprint density at radius 3 is 2.42 bits per heavy atom. The Morgan fingerprint density at radius 1 is 1.13 bits per heavy atom. The van der Waals surface area contributed by atoms with E-state index in [4.69, 9.17) is 4.74 Å². The quantitative estimate of drug-likeness (QED) is 0.648. The third-order valence-corrected chi connectivity index (χ3v) is 9.09. The van der Waals surface area contributed by atoms with Gasteiger partial charge in [0.05, 0.1) is 6.61 Å². The van der Waals surface area contributed by atoms with Gasteiger partial charge in [0.1, 0.15) is 5.75 Å². The number of anilines is 1. The third-order valence-electron chi connectivity index (χ3n) is 8.10. The van der Waals surface area contributed by atoms with Crippen molar-refractivity contribution >= 4 is 21.8 Å². The molecule has 9 heteroatoms. The average Bonchev–Trinajstić information content (AvgIpc) is 3.49. The molecule has 168 valence electrons. The molecule has 8 nitrogen and oxygen atoms in total. The summed E-state index contributed by atoms with van der Waals surface area (Å²) in [5.41, 5.74) is 2.22. The van der Waals surface area contributed by atoms with Crippen LogP contribution in [0.4, 0.5) is 5.95 Å². The number of ether oxygens (including phenoxy) is 1. The monoisotopic (exact) mass is 445 g/mol. The largest absolute Gasteiger partial charge is 0.493 e. The molecule has 4 bridgehead atoms. The van der Waals surface area contributed by atoms with Crippen molar-refractivity contribution in [2.24, 2.45) is 23.2 Å². The average molecular weight is 446 g/mol. The molecule has 7 rings (SSSR count). The SMILES string of the molecule is CNS(=O)(=O)Nc1nnc2cc(OCCC34CC5CC(CC(C5)C3)C4)c(C3CC3)cn12. The molecule has 2 aromatic heterocycles. The van der Waals surface area contributed by atoms with Gasteiger partial charge in [-0.3, -0.25) is 4.40 Å². The minimum absolute atomic E-state index is 0.186. The van der Waals surface area contributed by atoms with Crippen LogP contribution in [0.25, 0.3) is 5.65 Å². The first-order chi connectivity index (χ1) is 14.9. The Morgan fingerprint density at radius 2 is 1.81 bits per heavy atom. The molecule has 0 unspecified atom stereocenters. The number of pyridine rings is 1. The number of hydrogen-bond donors (Lipinski definition) is 2. The van der Waals surface area contributed by atoms with Gasteiger partial charge in [0, 0.05) is 24.9 Å². The zero-order valence-corrected chi connectivity index (χ0v) is 18.8. The molecule has 2 N–H and O–H groups in total. The first-order valence-electron chi connectivity index (χ1n) is 11.6. The summed E-state index contributed by atoms with van der Waals surface area (Å²) < 4.78 is 36.5. The van der Waals surface area contributed by atoms with E-state index >= 15 is 0 Å². The lowest BCUT2D eigenvalue weighted by atomic mass is 9.49. The Kier molecular flexibility index (Phi) is 4.51. The molecule has 0 saturated heterocycles. The molecule has 0 atom stereocenters. The van der Waals surface area contributed by atoms with E-state index in [9.17, 15) is 8.42 Å². The van der Waals surface area contributed by atoms with E-state index in [1.807, 2.05) is 12.3 Å². The number of fused-ring (bicyclic) bond motifs is 1. The summed E-state index contributed by atoms with van der Waals surface area (Å²) in [5, 5.41) is 8.18. The van der Waals surface area contributed by atoms with Gasteiger partial charge < -0.3 is 4.74 Å². The molecular weight excluding hydrogens is 414 g/mol.